The lowest BCUT2D eigenvalue weighted by Crippen LogP contribution is -2.61. The molecule has 8 heteroatoms. The molecule has 0 spiro atoms. The van der Waals surface area contributed by atoms with E-state index in [0.717, 1.165) is 29.3 Å². The number of aromatic amines is 1. The maximum Gasteiger partial charge on any atom is 0.410 e. The molecule has 2 saturated heterocycles. The molecule has 3 amide bonds. The van der Waals surface area contributed by atoms with Crippen molar-refractivity contribution in [2.45, 2.75) is 70.7 Å². The minimum atomic E-state index is -0.654. The topological polar surface area (TPSA) is 94.7 Å². The molecule has 1 aromatic heterocycles. The van der Waals surface area contributed by atoms with Gasteiger partial charge in [0.15, 0.2) is 0 Å². The Morgan fingerprint density at radius 3 is 2.44 bits per heavy atom. The highest BCUT2D eigenvalue weighted by molar-refractivity contribution is 5.89. The van der Waals surface area contributed by atoms with E-state index in [4.69, 9.17) is 4.74 Å². The monoisotopic (exact) mass is 440 g/mol. The van der Waals surface area contributed by atoms with Crippen LogP contribution >= 0.6 is 0 Å². The van der Waals surface area contributed by atoms with Gasteiger partial charge in [-0.1, -0.05) is 18.2 Å². The SMILES string of the molecule is CC(=O)NC(Cc1c[nH]c2ccccc12)C(=O)N1CC2CCC(C1)N2C(=O)OC(C)(C)C. The van der Waals surface area contributed by atoms with Crippen molar-refractivity contribution in [2.24, 2.45) is 0 Å². The summed E-state index contributed by atoms with van der Waals surface area (Å²) in [5.74, 6) is -0.343. The molecule has 1 aromatic carbocycles. The number of fused-ring (bicyclic) bond motifs is 3. The third-order valence-electron chi connectivity index (χ3n) is 6.17. The van der Waals surface area contributed by atoms with Gasteiger partial charge in [-0.2, -0.15) is 0 Å². The number of carbonyl (C=O) groups is 3. The third kappa shape index (κ3) is 4.59. The van der Waals surface area contributed by atoms with Gasteiger partial charge in [0.25, 0.3) is 0 Å². The van der Waals surface area contributed by atoms with Gasteiger partial charge in [-0.15, -0.1) is 0 Å². The van der Waals surface area contributed by atoms with Crippen LogP contribution in [0.1, 0.15) is 46.1 Å². The Hall–Kier alpha value is -3.03. The van der Waals surface area contributed by atoms with E-state index >= 15 is 0 Å². The van der Waals surface area contributed by atoms with Crippen LogP contribution in [-0.4, -0.2) is 69.5 Å². The minimum Gasteiger partial charge on any atom is -0.444 e. The summed E-state index contributed by atoms with van der Waals surface area (Å²) in [5, 5.41) is 3.89. The fraction of sp³-hybridized carbons (Fsp3) is 0.542. The normalized spacial score (nSPS) is 21.5. The molecular formula is C24H32N4O4. The standard InChI is InChI=1S/C24H32N4O4/c1-15(29)26-21(11-16-12-25-20-8-6-5-7-19(16)20)22(30)27-13-17-9-10-18(14-27)28(17)23(31)32-24(2,3)4/h5-8,12,17-18,21,25H,9-11,13-14H2,1-4H3,(H,26,29). The summed E-state index contributed by atoms with van der Waals surface area (Å²) in [6, 6.07) is 7.15. The van der Waals surface area contributed by atoms with Crippen LogP contribution in [0, 0.1) is 0 Å². The van der Waals surface area contributed by atoms with Crippen molar-refractivity contribution in [1.29, 1.82) is 0 Å². The van der Waals surface area contributed by atoms with E-state index in [1.807, 2.05) is 56.1 Å². The Kier molecular flexibility index (Phi) is 5.88. The average Bonchev–Trinajstić information content (AvgIpc) is 3.23. The fourth-order valence-electron chi connectivity index (χ4n) is 4.88. The second kappa shape index (κ2) is 8.48. The lowest BCUT2D eigenvalue weighted by Gasteiger charge is -2.42. The molecule has 2 fully saturated rings. The van der Waals surface area contributed by atoms with E-state index in [1.165, 1.54) is 6.92 Å². The molecule has 0 saturated carbocycles. The van der Waals surface area contributed by atoms with Crippen LogP contribution in [0.2, 0.25) is 0 Å². The average molecular weight is 441 g/mol. The molecule has 4 rings (SSSR count). The zero-order valence-electron chi connectivity index (χ0n) is 19.2. The molecule has 2 aromatic rings. The van der Waals surface area contributed by atoms with Gasteiger partial charge < -0.3 is 19.9 Å². The molecule has 2 aliphatic rings. The predicted molar refractivity (Wildman–Crippen MR) is 121 cm³/mol. The van der Waals surface area contributed by atoms with Crippen LogP contribution in [0.4, 0.5) is 4.79 Å². The molecular weight excluding hydrogens is 408 g/mol. The maximum absolute atomic E-state index is 13.5. The van der Waals surface area contributed by atoms with Gasteiger partial charge in [-0.3, -0.25) is 14.5 Å². The molecule has 2 bridgehead atoms. The van der Waals surface area contributed by atoms with Gasteiger partial charge in [0.1, 0.15) is 11.6 Å². The van der Waals surface area contributed by atoms with Crippen molar-refractivity contribution in [1.82, 2.24) is 20.1 Å². The van der Waals surface area contributed by atoms with Gasteiger partial charge in [-0.25, -0.2) is 4.79 Å². The molecule has 32 heavy (non-hydrogen) atoms. The van der Waals surface area contributed by atoms with Crippen molar-refractivity contribution in [2.75, 3.05) is 13.1 Å². The number of aromatic nitrogens is 1. The van der Waals surface area contributed by atoms with Crippen LogP contribution in [0.5, 0.6) is 0 Å². The van der Waals surface area contributed by atoms with Crippen LogP contribution in [0.25, 0.3) is 10.9 Å². The maximum atomic E-state index is 13.5. The molecule has 2 aliphatic heterocycles. The summed E-state index contributed by atoms with van der Waals surface area (Å²) in [7, 11) is 0. The molecule has 172 valence electrons. The molecule has 2 N–H and O–H groups in total. The van der Waals surface area contributed by atoms with Crippen LogP contribution in [-0.2, 0) is 20.7 Å². The number of H-pyrrole nitrogens is 1. The highest BCUT2D eigenvalue weighted by atomic mass is 16.6. The summed E-state index contributed by atoms with van der Waals surface area (Å²) in [6.07, 6.45) is 3.69. The van der Waals surface area contributed by atoms with E-state index in [1.54, 1.807) is 4.90 Å². The fourth-order valence-corrected chi connectivity index (χ4v) is 4.88. The van der Waals surface area contributed by atoms with Crippen molar-refractivity contribution in [3.63, 3.8) is 0 Å². The number of hydrogen-bond acceptors (Lipinski definition) is 4. The van der Waals surface area contributed by atoms with Crippen molar-refractivity contribution >= 4 is 28.8 Å². The first-order valence-electron chi connectivity index (χ1n) is 11.2. The first-order valence-corrected chi connectivity index (χ1v) is 11.2. The zero-order valence-corrected chi connectivity index (χ0v) is 19.2. The predicted octanol–water partition coefficient (Wildman–Crippen LogP) is 2.83. The number of nitrogens with zero attached hydrogens (tertiary/aromatic N) is 2. The molecule has 0 aliphatic carbocycles. The van der Waals surface area contributed by atoms with Crippen LogP contribution in [0.3, 0.4) is 0 Å². The second-order valence-corrected chi connectivity index (χ2v) is 9.83. The highest BCUT2D eigenvalue weighted by Crippen LogP contribution is 2.32. The number of rotatable bonds is 4. The summed E-state index contributed by atoms with van der Waals surface area (Å²) < 4.78 is 5.59. The van der Waals surface area contributed by atoms with Gasteiger partial charge in [-0.05, 0) is 45.2 Å². The third-order valence-corrected chi connectivity index (χ3v) is 6.17. The van der Waals surface area contributed by atoms with Crippen molar-refractivity contribution < 1.29 is 19.1 Å². The Balaban J connectivity index is 1.49. The Bertz CT molecular complexity index is 1010. The van der Waals surface area contributed by atoms with Crippen molar-refractivity contribution in [3.05, 3.63) is 36.0 Å². The minimum absolute atomic E-state index is 0.0568. The number of ether oxygens (including phenoxy) is 1. The molecule has 8 nitrogen and oxygen atoms in total. The van der Waals surface area contributed by atoms with Crippen LogP contribution < -0.4 is 5.32 Å². The number of likely N-dealkylation sites (tertiary alicyclic amines) is 1. The molecule has 3 heterocycles. The van der Waals surface area contributed by atoms with Gasteiger partial charge in [0.2, 0.25) is 11.8 Å². The quantitative estimate of drug-likeness (QED) is 0.764. The molecule has 0 radical (unpaired) electrons. The number of carbonyl (C=O) groups excluding carboxylic acids is 3. The largest absolute Gasteiger partial charge is 0.444 e. The van der Waals surface area contributed by atoms with Crippen molar-refractivity contribution in [3.8, 4) is 0 Å². The van der Waals surface area contributed by atoms with Gasteiger partial charge >= 0.3 is 6.09 Å². The summed E-state index contributed by atoms with van der Waals surface area (Å²) in [6.45, 7) is 7.91. The Labute approximate surface area is 188 Å². The van der Waals surface area contributed by atoms with Gasteiger partial charge in [0, 0.05) is 43.5 Å². The number of piperazine rings is 1. The first-order chi connectivity index (χ1) is 15.1. The number of amides is 3. The van der Waals surface area contributed by atoms with Crippen LogP contribution in [0.15, 0.2) is 30.5 Å². The van der Waals surface area contributed by atoms with E-state index in [2.05, 4.69) is 10.3 Å². The summed E-state index contributed by atoms with van der Waals surface area (Å²) in [4.78, 5) is 44.9. The first kappa shape index (κ1) is 22.2. The Morgan fingerprint density at radius 2 is 1.81 bits per heavy atom. The number of benzene rings is 1. The lowest BCUT2D eigenvalue weighted by atomic mass is 10.0. The number of para-hydroxylation sites is 1. The van der Waals surface area contributed by atoms with E-state index in [-0.39, 0.29) is 30.0 Å². The Morgan fingerprint density at radius 1 is 1.16 bits per heavy atom. The summed E-state index contributed by atoms with van der Waals surface area (Å²) in [5.41, 5.74) is 1.43. The lowest BCUT2D eigenvalue weighted by molar-refractivity contribution is -0.139. The smallest absolute Gasteiger partial charge is 0.410 e. The molecule has 3 unspecified atom stereocenters. The van der Waals surface area contributed by atoms with E-state index < -0.39 is 11.6 Å². The zero-order chi connectivity index (χ0) is 23.0. The second-order valence-electron chi connectivity index (χ2n) is 9.83. The van der Waals surface area contributed by atoms with E-state index in [0.29, 0.717) is 19.5 Å². The molecule has 3 atom stereocenters. The summed E-state index contributed by atoms with van der Waals surface area (Å²) >= 11 is 0. The highest BCUT2D eigenvalue weighted by Gasteiger charge is 2.46. The van der Waals surface area contributed by atoms with E-state index in [9.17, 15) is 14.4 Å². The number of nitrogens with one attached hydrogen (secondary N) is 2. The van der Waals surface area contributed by atoms with Gasteiger partial charge in [0.05, 0.1) is 12.1 Å². The number of hydrogen-bond donors (Lipinski definition) is 2.